The van der Waals surface area contributed by atoms with Gasteiger partial charge in [-0.25, -0.2) is 4.39 Å². The molecule has 0 bridgehead atoms. The molecule has 0 spiro atoms. The molecule has 1 aromatic heterocycles. The fourth-order valence-corrected chi connectivity index (χ4v) is 3.27. The second-order valence-corrected chi connectivity index (χ2v) is 6.05. The van der Waals surface area contributed by atoms with Crippen molar-refractivity contribution in [2.45, 2.75) is 25.1 Å². The van der Waals surface area contributed by atoms with Crippen molar-refractivity contribution in [2.75, 3.05) is 12.4 Å². The maximum Gasteiger partial charge on any atom is 0.435 e. The van der Waals surface area contributed by atoms with Gasteiger partial charge in [0.1, 0.15) is 11.7 Å². The summed E-state index contributed by atoms with van der Waals surface area (Å²) in [6, 6.07) is 4.94. The first kappa shape index (κ1) is 17.7. The molecule has 1 amide bonds. The van der Waals surface area contributed by atoms with E-state index in [0.29, 0.717) is 5.56 Å². The summed E-state index contributed by atoms with van der Waals surface area (Å²) in [5.74, 6) is -1.06. The fourth-order valence-electron chi connectivity index (χ4n) is 3.12. The van der Waals surface area contributed by atoms with Crippen LogP contribution < -0.4 is 0 Å². The minimum atomic E-state index is -4.57. The van der Waals surface area contributed by atoms with Crippen LogP contribution in [0.25, 0.3) is 0 Å². The number of aromatic nitrogens is 2. The summed E-state index contributed by atoms with van der Waals surface area (Å²) in [7, 11) is 0. The lowest BCUT2D eigenvalue weighted by atomic mass is 9.92. The van der Waals surface area contributed by atoms with E-state index in [9.17, 15) is 22.4 Å². The summed E-state index contributed by atoms with van der Waals surface area (Å²) < 4.78 is 52.4. The zero-order valence-corrected chi connectivity index (χ0v) is 13.7. The van der Waals surface area contributed by atoms with Crippen LogP contribution in [-0.4, -0.2) is 33.4 Å². The average Bonchev–Trinajstić information content (AvgIpc) is 3.01. The number of carbonyl (C=O) groups excluding carboxylic acids is 1. The molecule has 1 aliphatic heterocycles. The quantitative estimate of drug-likeness (QED) is 0.659. The molecule has 0 saturated heterocycles. The van der Waals surface area contributed by atoms with Gasteiger partial charge in [-0.05, 0) is 30.5 Å². The molecule has 2 aromatic rings. The third-order valence-electron chi connectivity index (χ3n) is 4.26. The number of amides is 1. The highest BCUT2D eigenvalue weighted by Crippen LogP contribution is 2.38. The molecule has 0 radical (unpaired) electrons. The molecule has 2 heterocycles. The van der Waals surface area contributed by atoms with Crippen molar-refractivity contribution in [3.63, 3.8) is 0 Å². The molecule has 0 saturated carbocycles. The van der Waals surface area contributed by atoms with Crippen LogP contribution in [0.15, 0.2) is 24.3 Å². The van der Waals surface area contributed by atoms with E-state index in [-0.39, 0.29) is 42.4 Å². The molecule has 1 atom stereocenters. The number of rotatable bonds is 3. The third kappa shape index (κ3) is 3.49. The van der Waals surface area contributed by atoms with Crippen LogP contribution in [0.5, 0.6) is 0 Å². The second-order valence-electron chi connectivity index (χ2n) is 5.78. The van der Waals surface area contributed by atoms with Crippen molar-refractivity contribution < 1.29 is 22.4 Å². The van der Waals surface area contributed by atoms with Crippen LogP contribution in [-0.2, 0) is 23.8 Å². The lowest BCUT2D eigenvalue weighted by Crippen LogP contribution is -2.42. The first-order chi connectivity index (χ1) is 11.8. The molecule has 1 unspecified atom stereocenters. The minimum absolute atomic E-state index is 0.0449. The van der Waals surface area contributed by atoms with Crippen molar-refractivity contribution in [1.29, 1.82) is 0 Å². The van der Waals surface area contributed by atoms with Gasteiger partial charge in [0.25, 0.3) is 0 Å². The van der Waals surface area contributed by atoms with Crippen molar-refractivity contribution in [3.05, 3.63) is 52.6 Å². The second kappa shape index (κ2) is 6.67. The van der Waals surface area contributed by atoms with Gasteiger partial charge in [-0.2, -0.15) is 18.3 Å². The summed E-state index contributed by atoms with van der Waals surface area (Å²) >= 11 is 5.63. The van der Waals surface area contributed by atoms with Gasteiger partial charge in [-0.15, -0.1) is 11.6 Å². The number of aromatic amines is 1. The Morgan fingerprint density at radius 2 is 2.00 bits per heavy atom. The SMILES string of the molecule is O=C(CCl)N1CCc2c(C(F)(F)F)n[nH]c2C1Cc1ccc(F)cc1. The van der Waals surface area contributed by atoms with E-state index in [2.05, 4.69) is 10.2 Å². The number of nitrogens with zero attached hydrogens (tertiary/aromatic N) is 2. The number of nitrogens with one attached hydrogen (secondary N) is 1. The Labute approximate surface area is 145 Å². The number of halogens is 5. The van der Waals surface area contributed by atoms with E-state index in [1.807, 2.05) is 0 Å². The first-order valence-corrected chi connectivity index (χ1v) is 8.09. The van der Waals surface area contributed by atoms with E-state index >= 15 is 0 Å². The van der Waals surface area contributed by atoms with Crippen molar-refractivity contribution in [1.82, 2.24) is 15.1 Å². The summed E-state index contributed by atoms with van der Waals surface area (Å²) in [6.07, 6.45) is -4.29. The van der Waals surface area contributed by atoms with Crippen LogP contribution in [0.4, 0.5) is 17.6 Å². The largest absolute Gasteiger partial charge is 0.435 e. The monoisotopic (exact) mass is 375 g/mol. The van der Waals surface area contributed by atoms with Gasteiger partial charge in [-0.3, -0.25) is 9.89 Å². The maximum absolute atomic E-state index is 13.1. The van der Waals surface area contributed by atoms with Gasteiger partial charge in [0.2, 0.25) is 5.91 Å². The van der Waals surface area contributed by atoms with Gasteiger partial charge < -0.3 is 4.90 Å². The number of alkyl halides is 4. The van der Waals surface area contributed by atoms with E-state index in [1.54, 1.807) is 0 Å². The number of benzene rings is 1. The minimum Gasteiger partial charge on any atom is -0.332 e. The number of hydrogen-bond donors (Lipinski definition) is 1. The first-order valence-electron chi connectivity index (χ1n) is 7.55. The summed E-state index contributed by atoms with van der Waals surface area (Å²) in [5.41, 5.74) is 0.0546. The van der Waals surface area contributed by atoms with Crippen LogP contribution in [0.2, 0.25) is 0 Å². The summed E-state index contributed by atoms with van der Waals surface area (Å²) in [6.45, 7) is 0.118. The normalized spacial score (nSPS) is 17.5. The molecule has 1 aliphatic rings. The molecule has 1 aromatic carbocycles. The lowest BCUT2D eigenvalue weighted by Gasteiger charge is -2.35. The van der Waals surface area contributed by atoms with Crippen LogP contribution in [0.3, 0.4) is 0 Å². The van der Waals surface area contributed by atoms with Gasteiger partial charge >= 0.3 is 6.18 Å². The van der Waals surface area contributed by atoms with Gasteiger partial charge in [0.05, 0.1) is 11.7 Å². The molecule has 25 heavy (non-hydrogen) atoms. The Kier molecular flexibility index (Phi) is 4.73. The molecule has 134 valence electrons. The topological polar surface area (TPSA) is 49.0 Å². The highest BCUT2D eigenvalue weighted by Gasteiger charge is 2.42. The van der Waals surface area contributed by atoms with Crippen LogP contribution in [0, 0.1) is 5.82 Å². The molecule has 9 heteroatoms. The molecule has 4 nitrogen and oxygen atoms in total. The molecular formula is C16H14ClF4N3O. The van der Waals surface area contributed by atoms with Gasteiger partial charge in [-0.1, -0.05) is 12.1 Å². The maximum atomic E-state index is 13.1. The zero-order chi connectivity index (χ0) is 18.2. The average molecular weight is 376 g/mol. The van der Waals surface area contributed by atoms with Gasteiger partial charge in [0, 0.05) is 12.1 Å². The molecule has 1 N–H and O–H groups in total. The molecular weight excluding hydrogens is 362 g/mol. The molecule has 3 rings (SSSR count). The van der Waals surface area contributed by atoms with Crippen molar-refractivity contribution >= 4 is 17.5 Å². The Balaban J connectivity index is 2.00. The summed E-state index contributed by atoms with van der Waals surface area (Å²) in [4.78, 5) is 13.6. The standard InChI is InChI=1S/C16H14ClF4N3O/c17-8-13(25)24-6-5-11-14(22-23-15(11)16(19,20)21)12(24)7-9-1-3-10(18)4-2-9/h1-4,12H,5-8H2,(H,22,23). The number of carbonyl (C=O) groups is 1. The van der Waals surface area contributed by atoms with E-state index < -0.39 is 23.7 Å². The zero-order valence-electron chi connectivity index (χ0n) is 12.9. The van der Waals surface area contributed by atoms with Crippen LogP contribution >= 0.6 is 11.6 Å². The van der Waals surface area contributed by atoms with Crippen LogP contribution in [0.1, 0.15) is 28.6 Å². The van der Waals surface area contributed by atoms with Crippen molar-refractivity contribution in [3.8, 4) is 0 Å². The number of H-pyrrole nitrogens is 1. The smallest absolute Gasteiger partial charge is 0.332 e. The Hall–Kier alpha value is -2.09. The summed E-state index contributed by atoms with van der Waals surface area (Å²) in [5, 5.41) is 5.86. The fraction of sp³-hybridized carbons (Fsp3) is 0.375. The third-order valence-corrected chi connectivity index (χ3v) is 4.49. The van der Waals surface area contributed by atoms with Crippen molar-refractivity contribution in [2.24, 2.45) is 0 Å². The number of fused-ring (bicyclic) bond motifs is 1. The van der Waals surface area contributed by atoms with E-state index in [1.165, 1.54) is 29.2 Å². The molecule has 0 fully saturated rings. The number of hydrogen-bond acceptors (Lipinski definition) is 2. The highest BCUT2D eigenvalue weighted by atomic mass is 35.5. The van der Waals surface area contributed by atoms with Gasteiger partial charge in [0.15, 0.2) is 5.69 Å². The predicted molar refractivity (Wildman–Crippen MR) is 82.6 cm³/mol. The molecule has 0 aliphatic carbocycles. The van der Waals surface area contributed by atoms with E-state index in [0.717, 1.165) is 0 Å². The Bertz CT molecular complexity index is 773. The predicted octanol–water partition coefficient (Wildman–Crippen LogP) is 3.47. The highest BCUT2D eigenvalue weighted by molar-refractivity contribution is 6.27. The Morgan fingerprint density at radius 1 is 1.32 bits per heavy atom. The lowest BCUT2D eigenvalue weighted by molar-refractivity contribution is -0.141. The van der Waals surface area contributed by atoms with E-state index in [4.69, 9.17) is 11.6 Å². The Morgan fingerprint density at radius 3 is 2.60 bits per heavy atom.